The van der Waals surface area contributed by atoms with E-state index in [-0.39, 0.29) is 12.1 Å². The Balaban J connectivity index is 2.13. The number of hydroxylamine groups is 1. The second-order valence-corrected chi connectivity index (χ2v) is 7.99. The summed E-state index contributed by atoms with van der Waals surface area (Å²) in [6, 6.07) is 8.05. The number of rotatable bonds is 3. The molecule has 0 bridgehead atoms. The molecule has 0 radical (unpaired) electrons. The number of carbonyl (C=O) groups is 1. The standard InChI is InChI=1S/C17H26N2O3S/c1-17(2,3)22-16(20)19-12-6-5-7-15(19)13-8-10-14(11-9-13)23-18(4)21/h8-11,15,21H,5-7,12H2,1-4H3. The average Bonchev–Trinajstić information content (AvgIpc) is 2.46. The molecule has 1 unspecified atom stereocenters. The fourth-order valence-electron chi connectivity index (χ4n) is 2.72. The molecule has 1 aliphatic heterocycles. The van der Waals surface area contributed by atoms with Gasteiger partial charge in [0, 0.05) is 18.5 Å². The van der Waals surface area contributed by atoms with E-state index in [4.69, 9.17) is 4.74 Å². The van der Waals surface area contributed by atoms with Crippen LogP contribution in [0.3, 0.4) is 0 Å². The highest BCUT2D eigenvalue weighted by Crippen LogP contribution is 2.33. The van der Waals surface area contributed by atoms with E-state index >= 15 is 0 Å². The Bertz CT molecular complexity index is 526. The van der Waals surface area contributed by atoms with Crippen molar-refractivity contribution in [3.63, 3.8) is 0 Å². The van der Waals surface area contributed by atoms with Gasteiger partial charge >= 0.3 is 6.09 Å². The zero-order chi connectivity index (χ0) is 17.0. The summed E-state index contributed by atoms with van der Waals surface area (Å²) in [4.78, 5) is 15.3. The maximum Gasteiger partial charge on any atom is 0.410 e. The molecule has 5 nitrogen and oxygen atoms in total. The molecule has 2 rings (SSSR count). The zero-order valence-corrected chi connectivity index (χ0v) is 15.1. The van der Waals surface area contributed by atoms with Crippen LogP contribution in [0.4, 0.5) is 4.79 Å². The normalized spacial score (nSPS) is 19.0. The highest BCUT2D eigenvalue weighted by atomic mass is 32.2. The summed E-state index contributed by atoms with van der Waals surface area (Å²) < 4.78 is 6.62. The fourth-order valence-corrected chi connectivity index (χ4v) is 3.28. The number of likely N-dealkylation sites (tertiary alicyclic amines) is 1. The molecule has 1 amide bonds. The third-order valence-corrected chi connectivity index (χ3v) is 4.38. The van der Waals surface area contributed by atoms with Crippen molar-refractivity contribution < 1.29 is 14.7 Å². The highest BCUT2D eigenvalue weighted by Gasteiger charge is 2.31. The SMILES string of the molecule is CN(O)Sc1ccc(C2CCCCN2C(=O)OC(C)(C)C)cc1. The minimum Gasteiger partial charge on any atom is -0.444 e. The Morgan fingerprint density at radius 1 is 1.30 bits per heavy atom. The molecule has 128 valence electrons. The summed E-state index contributed by atoms with van der Waals surface area (Å²) in [5, 5.41) is 9.27. The van der Waals surface area contributed by atoms with Gasteiger partial charge in [0.1, 0.15) is 5.60 Å². The van der Waals surface area contributed by atoms with Crippen LogP contribution >= 0.6 is 11.9 Å². The number of hydrogen-bond donors (Lipinski definition) is 1. The van der Waals surface area contributed by atoms with Gasteiger partial charge < -0.3 is 14.8 Å². The molecule has 1 heterocycles. The van der Waals surface area contributed by atoms with Crippen LogP contribution in [0.2, 0.25) is 0 Å². The summed E-state index contributed by atoms with van der Waals surface area (Å²) in [5.74, 6) is 0. The highest BCUT2D eigenvalue weighted by molar-refractivity contribution is 7.96. The van der Waals surface area contributed by atoms with Crippen LogP contribution in [-0.4, -0.2) is 39.9 Å². The van der Waals surface area contributed by atoms with Crippen LogP contribution in [0.1, 0.15) is 51.6 Å². The van der Waals surface area contributed by atoms with Gasteiger partial charge in [-0.1, -0.05) is 12.1 Å². The first-order valence-corrected chi connectivity index (χ1v) is 8.74. The first-order valence-electron chi connectivity index (χ1n) is 7.96. The van der Waals surface area contributed by atoms with Gasteiger partial charge in [0.25, 0.3) is 0 Å². The smallest absolute Gasteiger partial charge is 0.410 e. The van der Waals surface area contributed by atoms with Gasteiger partial charge in [-0.25, -0.2) is 4.79 Å². The summed E-state index contributed by atoms with van der Waals surface area (Å²) in [6.07, 6.45) is 2.83. The Morgan fingerprint density at radius 3 is 2.52 bits per heavy atom. The quantitative estimate of drug-likeness (QED) is 0.650. The van der Waals surface area contributed by atoms with Crippen LogP contribution in [0.5, 0.6) is 0 Å². The lowest BCUT2D eigenvalue weighted by molar-refractivity contribution is 0.00951. The maximum absolute atomic E-state index is 12.5. The van der Waals surface area contributed by atoms with E-state index in [2.05, 4.69) is 0 Å². The molecule has 6 heteroatoms. The topological polar surface area (TPSA) is 53.0 Å². The van der Waals surface area contributed by atoms with Crippen molar-refractivity contribution in [3.05, 3.63) is 29.8 Å². The lowest BCUT2D eigenvalue weighted by Gasteiger charge is -2.37. The van der Waals surface area contributed by atoms with Crippen LogP contribution in [0.25, 0.3) is 0 Å². The molecule has 0 aromatic heterocycles. The summed E-state index contributed by atoms with van der Waals surface area (Å²) >= 11 is 1.25. The van der Waals surface area contributed by atoms with Crippen LogP contribution in [-0.2, 0) is 4.74 Å². The first kappa shape index (κ1) is 18.1. The second kappa shape index (κ2) is 7.55. The van der Waals surface area contributed by atoms with Gasteiger partial charge in [0.15, 0.2) is 0 Å². The predicted octanol–water partition coefficient (Wildman–Crippen LogP) is 4.48. The molecule has 0 aliphatic carbocycles. The molecule has 1 N–H and O–H groups in total. The molecular weight excluding hydrogens is 312 g/mol. The Labute approximate surface area is 142 Å². The first-order chi connectivity index (χ1) is 10.8. The summed E-state index contributed by atoms with van der Waals surface area (Å²) in [5.41, 5.74) is 0.631. The van der Waals surface area contributed by atoms with Crippen molar-refractivity contribution in [1.82, 2.24) is 9.37 Å². The molecule has 0 saturated carbocycles. The van der Waals surface area contributed by atoms with E-state index in [0.717, 1.165) is 40.7 Å². The maximum atomic E-state index is 12.5. The molecule has 0 spiro atoms. The number of carbonyl (C=O) groups excluding carboxylic acids is 1. The van der Waals surface area contributed by atoms with E-state index in [1.807, 2.05) is 49.9 Å². The average molecular weight is 338 g/mol. The van der Waals surface area contributed by atoms with Gasteiger partial charge in [0.05, 0.1) is 6.04 Å². The van der Waals surface area contributed by atoms with Gasteiger partial charge in [-0.3, -0.25) is 0 Å². The second-order valence-electron chi connectivity index (χ2n) is 6.81. The fraction of sp³-hybridized carbons (Fsp3) is 0.588. The molecule has 1 aliphatic rings. The summed E-state index contributed by atoms with van der Waals surface area (Å²) in [6.45, 7) is 6.40. The van der Waals surface area contributed by atoms with Crippen LogP contribution < -0.4 is 0 Å². The lowest BCUT2D eigenvalue weighted by Crippen LogP contribution is -2.41. The monoisotopic (exact) mass is 338 g/mol. The molecular formula is C17H26N2O3S. The minimum atomic E-state index is -0.481. The van der Waals surface area contributed by atoms with Crippen molar-refractivity contribution in [3.8, 4) is 0 Å². The van der Waals surface area contributed by atoms with Gasteiger partial charge in [-0.15, -0.1) is 4.47 Å². The van der Waals surface area contributed by atoms with Crippen molar-refractivity contribution in [1.29, 1.82) is 0 Å². The summed E-state index contributed by atoms with van der Waals surface area (Å²) in [7, 11) is 1.59. The van der Waals surface area contributed by atoms with Gasteiger partial charge in [-0.2, -0.15) is 0 Å². The van der Waals surface area contributed by atoms with Crippen molar-refractivity contribution >= 4 is 18.0 Å². The number of ether oxygens (including phenoxy) is 1. The van der Waals surface area contributed by atoms with Gasteiger partial charge in [-0.05, 0) is 69.7 Å². The molecule has 1 saturated heterocycles. The molecule has 1 atom stereocenters. The number of piperidine rings is 1. The van der Waals surface area contributed by atoms with E-state index in [9.17, 15) is 10.0 Å². The number of nitrogens with zero attached hydrogens (tertiary/aromatic N) is 2. The lowest BCUT2D eigenvalue weighted by atomic mass is 9.96. The van der Waals surface area contributed by atoms with Crippen LogP contribution in [0, 0.1) is 0 Å². The molecule has 1 fully saturated rings. The molecule has 1 aromatic carbocycles. The van der Waals surface area contributed by atoms with E-state index < -0.39 is 5.60 Å². The molecule has 1 aromatic rings. The third kappa shape index (κ3) is 5.41. The van der Waals surface area contributed by atoms with Crippen LogP contribution in [0.15, 0.2) is 29.2 Å². The largest absolute Gasteiger partial charge is 0.444 e. The van der Waals surface area contributed by atoms with Crippen molar-refractivity contribution in [2.45, 2.75) is 56.6 Å². The van der Waals surface area contributed by atoms with Crippen molar-refractivity contribution in [2.75, 3.05) is 13.6 Å². The number of amides is 1. The minimum absolute atomic E-state index is 0.0597. The number of benzene rings is 1. The number of hydrogen-bond acceptors (Lipinski definition) is 5. The van der Waals surface area contributed by atoms with E-state index in [1.54, 1.807) is 7.05 Å². The third-order valence-electron chi connectivity index (χ3n) is 3.63. The Kier molecular flexibility index (Phi) is 5.95. The Hall–Kier alpha value is -1.24. The molecule has 23 heavy (non-hydrogen) atoms. The predicted molar refractivity (Wildman–Crippen MR) is 91.4 cm³/mol. The van der Waals surface area contributed by atoms with Crippen molar-refractivity contribution in [2.24, 2.45) is 0 Å². The Morgan fingerprint density at radius 2 is 1.96 bits per heavy atom. The van der Waals surface area contributed by atoms with Gasteiger partial charge in [0.2, 0.25) is 0 Å². The van der Waals surface area contributed by atoms with E-state index in [1.165, 1.54) is 11.9 Å². The zero-order valence-electron chi connectivity index (χ0n) is 14.3. The van der Waals surface area contributed by atoms with E-state index in [0.29, 0.717) is 0 Å².